The number of para-hydroxylation sites is 1. The summed E-state index contributed by atoms with van der Waals surface area (Å²) >= 11 is 0. The van der Waals surface area contributed by atoms with Gasteiger partial charge in [-0.2, -0.15) is 0 Å². The van der Waals surface area contributed by atoms with Crippen molar-refractivity contribution in [2.75, 3.05) is 6.54 Å². The third-order valence-electron chi connectivity index (χ3n) is 6.47. The highest BCUT2D eigenvalue weighted by atomic mass is 32.2. The van der Waals surface area contributed by atoms with Gasteiger partial charge in [0.05, 0.1) is 10.9 Å². The van der Waals surface area contributed by atoms with Gasteiger partial charge < -0.3 is 9.47 Å². The molecule has 1 aliphatic rings. The van der Waals surface area contributed by atoms with E-state index >= 15 is 0 Å². The van der Waals surface area contributed by atoms with Gasteiger partial charge >= 0.3 is 0 Å². The Kier molecular flexibility index (Phi) is 5.66. The normalized spacial score (nSPS) is 15.4. The molecule has 0 spiro atoms. The first-order valence-corrected chi connectivity index (χ1v) is 12.6. The number of fused-ring (bicyclic) bond motifs is 2. The second-order valence-electron chi connectivity index (χ2n) is 8.46. The number of amides is 2. The minimum absolute atomic E-state index is 0.0224. The van der Waals surface area contributed by atoms with Gasteiger partial charge in [-0.05, 0) is 36.8 Å². The van der Waals surface area contributed by atoms with Gasteiger partial charge in [-0.1, -0.05) is 54.6 Å². The van der Waals surface area contributed by atoms with E-state index in [-0.39, 0.29) is 17.3 Å². The van der Waals surface area contributed by atoms with Crippen LogP contribution >= 0.6 is 0 Å². The Hall–Kier alpha value is -3.95. The summed E-state index contributed by atoms with van der Waals surface area (Å²) in [4.78, 5) is 29.9. The molecule has 2 N–H and O–H groups in total. The fourth-order valence-corrected chi connectivity index (χ4v) is 5.60. The maximum absolute atomic E-state index is 13.4. The first kappa shape index (κ1) is 22.8. The smallest absolute Gasteiger partial charge is 0.257 e. The van der Waals surface area contributed by atoms with Crippen LogP contribution in [0, 0.1) is 6.92 Å². The molecule has 1 atom stereocenters. The highest BCUT2D eigenvalue weighted by Crippen LogP contribution is 2.43. The average molecular weight is 489 g/mol. The molecule has 0 unspecified atom stereocenters. The zero-order chi connectivity index (χ0) is 24.7. The number of aryl methyl sites for hydroxylation is 1. The lowest BCUT2D eigenvalue weighted by Gasteiger charge is -2.26. The maximum Gasteiger partial charge on any atom is 0.257 e. The van der Waals surface area contributed by atoms with Crippen LogP contribution in [0.4, 0.5) is 0 Å². The topological polar surface area (TPSA) is 101 Å². The number of sulfonamides is 1. The van der Waals surface area contributed by atoms with Crippen LogP contribution in [0.3, 0.4) is 0 Å². The second-order valence-corrected chi connectivity index (χ2v) is 10.1. The van der Waals surface area contributed by atoms with Crippen LogP contribution in [0.25, 0.3) is 10.9 Å². The minimum atomic E-state index is -3.94. The summed E-state index contributed by atoms with van der Waals surface area (Å²) < 4.78 is 27.0. The first-order chi connectivity index (χ1) is 16.8. The van der Waals surface area contributed by atoms with Gasteiger partial charge in [0.2, 0.25) is 0 Å². The Balaban J connectivity index is 1.47. The van der Waals surface area contributed by atoms with Crippen molar-refractivity contribution in [2.45, 2.75) is 17.9 Å². The molecule has 5 rings (SSSR count). The first-order valence-electron chi connectivity index (χ1n) is 11.1. The third kappa shape index (κ3) is 3.88. The highest BCUT2D eigenvalue weighted by molar-refractivity contribution is 7.89. The van der Waals surface area contributed by atoms with Crippen molar-refractivity contribution in [3.8, 4) is 0 Å². The van der Waals surface area contributed by atoms with Crippen LogP contribution in [-0.2, 0) is 21.9 Å². The molecule has 2 heterocycles. The van der Waals surface area contributed by atoms with Crippen LogP contribution in [0.15, 0.2) is 83.8 Å². The lowest BCUT2D eigenvalue weighted by atomic mass is 9.95. The summed E-state index contributed by atoms with van der Waals surface area (Å²) in [5.41, 5.74) is 6.54. The fraction of sp³-hybridized carbons (Fsp3) is 0.154. The van der Waals surface area contributed by atoms with Crippen molar-refractivity contribution in [3.05, 3.63) is 101 Å². The van der Waals surface area contributed by atoms with E-state index in [1.54, 1.807) is 30.3 Å². The largest absolute Gasteiger partial charge is 0.348 e. The van der Waals surface area contributed by atoms with E-state index in [0.717, 1.165) is 27.7 Å². The number of carbonyl (C=O) groups is 2. The summed E-state index contributed by atoms with van der Waals surface area (Å²) in [6.07, 6.45) is 0. The van der Waals surface area contributed by atoms with E-state index in [9.17, 15) is 18.0 Å². The van der Waals surface area contributed by atoms with Crippen molar-refractivity contribution in [1.82, 2.24) is 19.7 Å². The van der Waals surface area contributed by atoms with Gasteiger partial charge in [-0.25, -0.2) is 8.42 Å². The molecule has 9 heteroatoms. The summed E-state index contributed by atoms with van der Waals surface area (Å²) in [7, 11) is -1.97. The number of rotatable bonds is 6. The Morgan fingerprint density at radius 3 is 2.37 bits per heavy atom. The van der Waals surface area contributed by atoms with E-state index < -0.39 is 22.0 Å². The van der Waals surface area contributed by atoms with Gasteiger partial charge in [0, 0.05) is 34.8 Å². The van der Waals surface area contributed by atoms with E-state index in [4.69, 9.17) is 0 Å². The fourth-order valence-electron chi connectivity index (χ4n) is 4.72. The number of hydrogen-bond acceptors (Lipinski definition) is 4. The molecule has 8 nitrogen and oxygen atoms in total. The Morgan fingerprint density at radius 2 is 1.60 bits per heavy atom. The number of nitrogens with zero attached hydrogens (tertiary/aromatic N) is 2. The monoisotopic (exact) mass is 488 g/mol. The van der Waals surface area contributed by atoms with Crippen LogP contribution in [0.5, 0.6) is 0 Å². The number of carbonyl (C=O) groups excluding carboxylic acids is 2. The van der Waals surface area contributed by atoms with E-state index in [0.29, 0.717) is 5.56 Å². The molecular weight excluding hydrogens is 464 g/mol. The summed E-state index contributed by atoms with van der Waals surface area (Å²) in [6, 6.07) is 22.5. The molecule has 0 fully saturated rings. The Bertz CT molecular complexity index is 1560. The van der Waals surface area contributed by atoms with Crippen molar-refractivity contribution in [3.63, 3.8) is 0 Å². The SMILES string of the molecule is Cc1c([C@@H]2c3ccccc3C(=O)N2CC(=O)NNS(=O)(=O)c2ccccc2)c2ccccc2n1C. The summed E-state index contributed by atoms with van der Waals surface area (Å²) in [6.45, 7) is 1.67. The standard InChI is InChI=1S/C26H24N4O4S/c1-17-24(21-14-8-9-15-22(21)29(17)2)25-19-12-6-7-13-20(19)26(32)30(25)16-23(31)27-28-35(33,34)18-10-4-3-5-11-18/h3-15,25,28H,16H2,1-2H3,(H,27,31)/t25-/m0/s1. The van der Waals surface area contributed by atoms with Crippen LogP contribution in [0.1, 0.15) is 33.2 Å². The quantitative estimate of drug-likeness (QED) is 0.408. The van der Waals surface area contributed by atoms with Gasteiger partial charge in [0.25, 0.3) is 21.8 Å². The van der Waals surface area contributed by atoms with Gasteiger partial charge in [0.1, 0.15) is 6.54 Å². The molecule has 3 aromatic carbocycles. The third-order valence-corrected chi connectivity index (χ3v) is 7.74. The predicted octanol–water partition coefficient (Wildman–Crippen LogP) is 3.04. The van der Waals surface area contributed by atoms with Crippen molar-refractivity contribution >= 4 is 32.7 Å². The predicted molar refractivity (Wildman–Crippen MR) is 132 cm³/mol. The molecule has 4 aromatic rings. The number of benzene rings is 3. The van der Waals surface area contributed by atoms with E-state index in [1.807, 2.05) is 50.4 Å². The second kappa shape index (κ2) is 8.68. The van der Waals surface area contributed by atoms with Gasteiger partial charge in [-0.15, -0.1) is 4.83 Å². The van der Waals surface area contributed by atoms with Crippen molar-refractivity contribution in [2.24, 2.45) is 7.05 Å². The van der Waals surface area contributed by atoms with Crippen LogP contribution in [-0.4, -0.2) is 36.2 Å². The lowest BCUT2D eigenvalue weighted by molar-refractivity contribution is -0.122. The summed E-state index contributed by atoms with van der Waals surface area (Å²) in [5.74, 6) is -0.924. The van der Waals surface area contributed by atoms with Gasteiger partial charge in [-0.3, -0.25) is 15.0 Å². The Labute approximate surface area is 203 Å². The minimum Gasteiger partial charge on any atom is -0.348 e. The van der Waals surface area contributed by atoms with Crippen LogP contribution in [0.2, 0.25) is 0 Å². The van der Waals surface area contributed by atoms with Crippen molar-refractivity contribution < 1.29 is 18.0 Å². The molecule has 0 saturated carbocycles. The number of nitrogens with one attached hydrogen (secondary N) is 2. The lowest BCUT2D eigenvalue weighted by Crippen LogP contribution is -2.47. The van der Waals surface area contributed by atoms with Gasteiger partial charge in [0.15, 0.2) is 0 Å². The Morgan fingerprint density at radius 1 is 0.943 bits per heavy atom. The van der Waals surface area contributed by atoms with Crippen LogP contribution < -0.4 is 10.3 Å². The molecule has 35 heavy (non-hydrogen) atoms. The molecule has 0 bridgehead atoms. The van der Waals surface area contributed by atoms with E-state index in [2.05, 4.69) is 14.8 Å². The number of hydrazine groups is 1. The number of aromatic nitrogens is 1. The zero-order valence-electron chi connectivity index (χ0n) is 19.2. The molecule has 0 saturated heterocycles. The average Bonchev–Trinajstić information content (AvgIpc) is 3.28. The molecule has 0 radical (unpaired) electrons. The van der Waals surface area contributed by atoms with Crippen molar-refractivity contribution in [1.29, 1.82) is 0 Å². The summed E-state index contributed by atoms with van der Waals surface area (Å²) in [5, 5.41) is 0.997. The molecule has 0 aliphatic carbocycles. The zero-order valence-corrected chi connectivity index (χ0v) is 20.0. The molecule has 1 aromatic heterocycles. The van der Waals surface area contributed by atoms with E-state index in [1.165, 1.54) is 17.0 Å². The maximum atomic E-state index is 13.4. The highest BCUT2D eigenvalue weighted by Gasteiger charge is 2.40. The molecule has 2 amide bonds. The molecule has 1 aliphatic heterocycles. The number of hydrogen-bond donors (Lipinski definition) is 2. The molecule has 178 valence electrons. The molecular formula is C26H24N4O4S.